The number of morpholine rings is 1. The van der Waals surface area contributed by atoms with Gasteiger partial charge >= 0.3 is 0 Å². The van der Waals surface area contributed by atoms with Gasteiger partial charge in [-0.1, -0.05) is 12.1 Å². The second kappa shape index (κ2) is 7.97. The third-order valence-corrected chi connectivity index (χ3v) is 6.07. The number of benzene rings is 1. The number of methoxy groups -OCH3 is 1. The topological polar surface area (TPSA) is 85.7 Å². The number of nitrogens with one attached hydrogen (secondary N) is 1. The molecule has 148 valence electrons. The molecule has 0 aliphatic carbocycles. The standard InChI is InChI=1S/C18H26N4O4S/c1-13-11-22(12-14(2)26-13)27(23,24)20-17(18-19-9-10-21(18)3)15-5-7-16(25-4)8-6-15/h5-10,13-14,17,20H,11-12H2,1-4H3/t13-,14+,17-/m1/s1. The first-order chi connectivity index (χ1) is 12.8. The van der Waals surface area contributed by atoms with Gasteiger partial charge in [-0.15, -0.1) is 0 Å². The van der Waals surface area contributed by atoms with Crippen LogP contribution in [0.15, 0.2) is 36.7 Å². The number of rotatable bonds is 6. The summed E-state index contributed by atoms with van der Waals surface area (Å²) in [7, 11) is -0.305. The Kier molecular flexibility index (Phi) is 5.85. The second-order valence-corrected chi connectivity index (χ2v) is 8.50. The van der Waals surface area contributed by atoms with Gasteiger partial charge in [-0.2, -0.15) is 17.4 Å². The van der Waals surface area contributed by atoms with Gasteiger partial charge in [0.15, 0.2) is 0 Å². The van der Waals surface area contributed by atoms with Gasteiger partial charge in [0.05, 0.1) is 19.3 Å². The lowest BCUT2D eigenvalue weighted by Crippen LogP contribution is -2.52. The number of hydrogen-bond acceptors (Lipinski definition) is 5. The van der Waals surface area contributed by atoms with Gasteiger partial charge < -0.3 is 14.0 Å². The van der Waals surface area contributed by atoms with E-state index in [2.05, 4.69) is 9.71 Å². The van der Waals surface area contributed by atoms with E-state index in [-0.39, 0.29) is 12.2 Å². The number of aryl methyl sites for hydroxylation is 1. The normalized spacial score (nSPS) is 22.5. The largest absolute Gasteiger partial charge is 0.497 e. The summed E-state index contributed by atoms with van der Waals surface area (Å²) in [5.74, 6) is 1.31. The van der Waals surface area contributed by atoms with Gasteiger partial charge in [0.2, 0.25) is 0 Å². The van der Waals surface area contributed by atoms with Crippen molar-refractivity contribution in [2.45, 2.75) is 32.1 Å². The summed E-state index contributed by atoms with van der Waals surface area (Å²) in [6.07, 6.45) is 3.13. The van der Waals surface area contributed by atoms with Gasteiger partial charge in [-0.25, -0.2) is 4.98 Å². The van der Waals surface area contributed by atoms with E-state index in [0.29, 0.717) is 24.7 Å². The molecule has 8 nitrogen and oxygen atoms in total. The molecule has 1 fully saturated rings. The summed E-state index contributed by atoms with van der Waals surface area (Å²) < 4.78 is 43.1. The fourth-order valence-electron chi connectivity index (χ4n) is 3.27. The maximum atomic E-state index is 13.1. The summed E-state index contributed by atoms with van der Waals surface area (Å²) >= 11 is 0. The third kappa shape index (κ3) is 4.49. The molecule has 2 aromatic rings. The molecule has 1 aliphatic rings. The highest BCUT2D eigenvalue weighted by molar-refractivity contribution is 7.87. The summed E-state index contributed by atoms with van der Waals surface area (Å²) in [4.78, 5) is 4.36. The predicted octanol–water partition coefficient (Wildman–Crippen LogP) is 1.46. The molecule has 0 radical (unpaired) electrons. The van der Waals surface area contributed by atoms with Crippen molar-refractivity contribution in [1.29, 1.82) is 0 Å². The van der Waals surface area contributed by atoms with Crippen LogP contribution in [0.5, 0.6) is 5.75 Å². The molecule has 1 saturated heterocycles. The van der Waals surface area contributed by atoms with E-state index in [9.17, 15) is 8.42 Å². The number of nitrogens with zero attached hydrogens (tertiary/aromatic N) is 3. The molecule has 2 heterocycles. The highest BCUT2D eigenvalue weighted by Gasteiger charge is 2.34. The van der Waals surface area contributed by atoms with Crippen LogP contribution in [0.1, 0.15) is 31.3 Å². The maximum Gasteiger partial charge on any atom is 0.280 e. The molecular formula is C18H26N4O4S. The summed E-state index contributed by atoms with van der Waals surface area (Å²) in [5, 5.41) is 0. The zero-order valence-electron chi connectivity index (χ0n) is 16.0. The van der Waals surface area contributed by atoms with Crippen LogP contribution in [-0.2, 0) is 22.0 Å². The lowest BCUT2D eigenvalue weighted by Gasteiger charge is -2.35. The zero-order valence-corrected chi connectivity index (χ0v) is 16.8. The molecule has 1 aliphatic heterocycles. The fourth-order valence-corrected chi connectivity index (χ4v) is 4.77. The van der Waals surface area contributed by atoms with Crippen molar-refractivity contribution in [2.24, 2.45) is 7.05 Å². The third-order valence-electron chi connectivity index (χ3n) is 4.56. The van der Waals surface area contributed by atoms with Gasteiger partial charge in [0.1, 0.15) is 17.6 Å². The maximum absolute atomic E-state index is 13.1. The molecule has 3 rings (SSSR count). The van der Waals surface area contributed by atoms with Crippen molar-refractivity contribution in [2.75, 3.05) is 20.2 Å². The van der Waals surface area contributed by atoms with E-state index in [1.54, 1.807) is 31.6 Å². The molecule has 0 saturated carbocycles. The van der Waals surface area contributed by atoms with Crippen molar-refractivity contribution in [3.63, 3.8) is 0 Å². The minimum absolute atomic E-state index is 0.155. The molecule has 1 aromatic carbocycles. The van der Waals surface area contributed by atoms with Crippen molar-refractivity contribution >= 4 is 10.2 Å². The van der Waals surface area contributed by atoms with Crippen molar-refractivity contribution in [3.05, 3.63) is 48.0 Å². The number of aromatic nitrogens is 2. The first-order valence-corrected chi connectivity index (χ1v) is 10.3. The molecule has 27 heavy (non-hydrogen) atoms. The van der Waals surface area contributed by atoms with Crippen molar-refractivity contribution in [1.82, 2.24) is 18.6 Å². The quantitative estimate of drug-likeness (QED) is 0.802. The Labute approximate surface area is 160 Å². The van der Waals surface area contributed by atoms with E-state index in [0.717, 1.165) is 5.56 Å². The monoisotopic (exact) mass is 394 g/mol. The fraction of sp³-hybridized carbons (Fsp3) is 0.500. The van der Waals surface area contributed by atoms with E-state index < -0.39 is 16.3 Å². The molecule has 9 heteroatoms. The average Bonchev–Trinajstić information content (AvgIpc) is 3.05. The number of hydrogen-bond donors (Lipinski definition) is 1. The predicted molar refractivity (Wildman–Crippen MR) is 102 cm³/mol. The summed E-state index contributed by atoms with van der Waals surface area (Å²) in [5.41, 5.74) is 0.781. The van der Waals surface area contributed by atoms with Gasteiger partial charge in [0, 0.05) is 32.5 Å². The Bertz CT molecular complexity index is 856. The van der Waals surface area contributed by atoms with Crippen LogP contribution in [0.2, 0.25) is 0 Å². The molecule has 1 aromatic heterocycles. The average molecular weight is 394 g/mol. The Morgan fingerprint density at radius 2 is 1.85 bits per heavy atom. The Balaban J connectivity index is 1.92. The van der Waals surface area contributed by atoms with Crippen LogP contribution in [0.4, 0.5) is 0 Å². The van der Waals surface area contributed by atoms with Crippen molar-refractivity contribution in [3.8, 4) is 5.75 Å². The van der Waals surface area contributed by atoms with Crippen LogP contribution in [0.25, 0.3) is 0 Å². The van der Waals surface area contributed by atoms with E-state index in [1.807, 2.05) is 37.6 Å². The van der Waals surface area contributed by atoms with Crippen LogP contribution >= 0.6 is 0 Å². The van der Waals surface area contributed by atoms with Crippen LogP contribution < -0.4 is 9.46 Å². The molecule has 3 atom stereocenters. The Morgan fingerprint density at radius 1 is 1.22 bits per heavy atom. The highest BCUT2D eigenvalue weighted by atomic mass is 32.2. The van der Waals surface area contributed by atoms with Crippen molar-refractivity contribution < 1.29 is 17.9 Å². The number of ether oxygens (including phenoxy) is 2. The van der Waals surface area contributed by atoms with Crippen LogP contribution in [0, 0.1) is 0 Å². The van der Waals surface area contributed by atoms with Gasteiger partial charge in [-0.05, 0) is 31.5 Å². The van der Waals surface area contributed by atoms with Gasteiger partial charge in [0.25, 0.3) is 10.2 Å². The lowest BCUT2D eigenvalue weighted by atomic mass is 10.1. The zero-order chi connectivity index (χ0) is 19.6. The molecular weight excluding hydrogens is 368 g/mol. The minimum atomic E-state index is -3.74. The van der Waals surface area contributed by atoms with E-state index in [4.69, 9.17) is 9.47 Å². The Hall–Kier alpha value is -1.94. The highest BCUT2D eigenvalue weighted by Crippen LogP contribution is 2.25. The van der Waals surface area contributed by atoms with E-state index in [1.165, 1.54) is 4.31 Å². The van der Waals surface area contributed by atoms with Crippen LogP contribution in [0.3, 0.4) is 0 Å². The SMILES string of the molecule is COc1ccc([C@@H](NS(=O)(=O)N2C[C@@H](C)O[C@@H](C)C2)c2nccn2C)cc1. The first kappa shape index (κ1) is 19.8. The molecule has 0 amide bonds. The molecule has 0 bridgehead atoms. The minimum Gasteiger partial charge on any atom is -0.497 e. The molecule has 1 N–H and O–H groups in total. The molecule has 0 spiro atoms. The number of imidazole rings is 1. The lowest BCUT2D eigenvalue weighted by molar-refractivity contribution is -0.0444. The Morgan fingerprint density at radius 3 is 2.37 bits per heavy atom. The van der Waals surface area contributed by atoms with E-state index >= 15 is 0 Å². The second-order valence-electron chi connectivity index (χ2n) is 6.80. The first-order valence-electron chi connectivity index (χ1n) is 8.84. The smallest absolute Gasteiger partial charge is 0.280 e. The molecule has 0 unspecified atom stereocenters. The van der Waals surface area contributed by atoms with Gasteiger partial charge in [-0.3, -0.25) is 0 Å². The summed E-state index contributed by atoms with van der Waals surface area (Å²) in [6.45, 7) is 4.38. The summed E-state index contributed by atoms with van der Waals surface area (Å²) in [6, 6.07) is 6.67. The van der Waals surface area contributed by atoms with Crippen LogP contribution in [-0.4, -0.2) is 54.7 Å².